The Balaban J connectivity index is 1.92. The van der Waals surface area contributed by atoms with Gasteiger partial charge in [-0.05, 0) is 34.5 Å². The Hall–Kier alpha value is -3.52. The first-order valence-corrected chi connectivity index (χ1v) is 13.4. The van der Waals surface area contributed by atoms with E-state index >= 15 is 0 Å². The molecular weight excluding hydrogens is 466 g/mol. The van der Waals surface area contributed by atoms with Crippen molar-refractivity contribution in [3.63, 3.8) is 0 Å². The predicted octanol–water partition coefficient (Wildman–Crippen LogP) is 5.55. The molecule has 0 N–H and O–H groups in total. The van der Waals surface area contributed by atoms with Crippen molar-refractivity contribution in [1.82, 2.24) is 9.78 Å². The molecule has 35 heavy (non-hydrogen) atoms. The zero-order valence-electron chi connectivity index (χ0n) is 20.2. The van der Waals surface area contributed by atoms with Gasteiger partial charge in [0.25, 0.3) is 0 Å². The minimum absolute atomic E-state index is 0.110. The van der Waals surface area contributed by atoms with E-state index in [1.165, 1.54) is 6.07 Å². The lowest BCUT2D eigenvalue weighted by Gasteiger charge is -2.43. The maximum absolute atomic E-state index is 13.9. The van der Waals surface area contributed by atoms with Gasteiger partial charge < -0.3 is 9.16 Å². The first-order valence-electron chi connectivity index (χ1n) is 11.5. The van der Waals surface area contributed by atoms with E-state index in [1.807, 2.05) is 36.4 Å². The standard InChI is InChI=1S/C27H28F2N2O3Si/c1-5-33-25(32)24-22-17-16-19(18-23(22)31(30-24)26(28)29)34-35(27(2,3)4,20-12-8-6-9-13-20)21-14-10-7-11-15-21/h6-18,26H,5H2,1-4H3. The highest BCUT2D eigenvalue weighted by atomic mass is 28.4. The maximum atomic E-state index is 13.9. The summed E-state index contributed by atoms with van der Waals surface area (Å²) in [6, 6.07) is 24.9. The SMILES string of the molecule is CCOC(=O)c1nn(C(F)F)c2cc(O[Si](c3ccccc3)(c3ccccc3)C(C)(C)C)ccc12. The number of fused-ring (bicyclic) bond motifs is 1. The molecule has 0 aliphatic rings. The molecule has 4 rings (SSSR count). The van der Waals surface area contributed by atoms with E-state index in [0.29, 0.717) is 15.8 Å². The third kappa shape index (κ3) is 4.46. The average molecular weight is 495 g/mol. The second-order valence-electron chi connectivity index (χ2n) is 9.24. The molecule has 0 fully saturated rings. The molecule has 3 aromatic carbocycles. The summed E-state index contributed by atoms with van der Waals surface area (Å²) in [5.74, 6) is -0.304. The van der Waals surface area contributed by atoms with Crippen LogP contribution < -0.4 is 14.8 Å². The van der Waals surface area contributed by atoms with Crippen LogP contribution in [0.4, 0.5) is 8.78 Å². The average Bonchev–Trinajstić information content (AvgIpc) is 3.22. The summed E-state index contributed by atoms with van der Waals surface area (Å²) in [7, 11) is -2.96. The number of halogens is 2. The van der Waals surface area contributed by atoms with Crippen LogP contribution in [0.15, 0.2) is 78.9 Å². The number of hydrogen-bond donors (Lipinski definition) is 0. The van der Waals surface area contributed by atoms with Gasteiger partial charge in [-0.15, -0.1) is 0 Å². The molecular formula is C27H28F2N2O3Si. The number of aromatic nitrogens is 2. The minimum Gasteiger partial charge on any atom is -0.534 e. The molecule has 0 saturated carbocycles. The number of benzene rings is 3. The lowest BCUT2D eigenvalue weighted by molar-refractivity contribution is 0.0492. The van der Waals surface area contributed by atoms with Crippen LogP contribution in [0.2, 0.25) is 5.04 Å². The maximum Gasteiger partial charge on any atom is 0.359 e. The molecule has 0 unspecified atom stereocenters. The Morgan fingerprint density at radius 1 is 0.971 bits per heavy atom. The Labute approximate surface area is 204 Å². The molecule has 8 heteroatoms. The summed E-state index contributed by atoms with van der Waals surface area (Å²) in [6.07, 6.45) is 0. The summed E-state index contributed by atoms with van der Waals surface area (Å²) in [6.45, 7) is 5.26. The van der Waals surface area contributed by atoms with Crippen molar-refractivity contribution in [3.05, 3.63) is 84.6 Å². The van der Waals surface area contributed by atoms with Crippen LogP contribution in [0.1, 0.15) is 44.7 Å². The van der Waals surface area contributed by atoms with E-state index in [-0.39, 0.29) is 22.9 Å². The zero-order valence-corrected chi connectivity index (χ0v) is 21.2. The normalized spacial score (nSPS) is 12.2. The van der Waals surface area contributed by atoms with Crippen molar-refractivity contribution in [3.8, 4) is 5.75 Å². The number of rotatable bonds is 7. The van der Waals surface area contributed by atoms with Crippen LogP contribution >= 0.6 is 0 Å². The van der Waals surface area contributed by atoms with E-state index in [9.17, 15) is 13.6 Å². The van der Waals surface area contributed by atoms with Crippen molar-refractivity contribution in [2.45, 2.75) is 39.3 Å². The second kappa shape index (κ2) is 9.62. The smallest absolute Gasteiger partial charge is 0.359 e. The number of carbonyl (C=O) groups is 1. The van der Waals surface area contributed by atoms with Crippen LogP contribution in [0, 0.1) is 0 Å². The number of alkyl halides is 2. The summed E-state index contributed by atoms with van der Waals surface area (Å²) in [4.78, 5) is 12.3. The van der Waals surface area contributed by atoms with Crippen molar-refractivity contribution in [2.75, 3.05) is 6.61 Å². The van der Waals surface area contributed by atoms with E-state index < -0.39 is 20.8 Å². The van der Waals surface area contributed by atoms with Crippen molar-refractivity contribution in [1.29, 1.82) is 0 Å². The summed E-state index contributed by atoms with van der Waals surface area (Å²) < 4.78 is 40.2. The molecule has 0 radical (unpaired) electrons. The molecule has 0 amide bonds. The lowest BCUT2D eigenvalue weighted by atomic mass is 10.2. The summed E-state index contributed by atoms with van der Waals surface area (Å²) in [5.41, 5.74) is -0.0300. The fourth-order valence-electron chi connectivity index (χ4n) is 4.51. The molecule has 182 valence electrons. The van der Waals surface area contributed by atoms with E-state index in [1.54, 1.807) is 19.1 Å². The fourth-order valence-corrected chi connectivity index (χ4v) is 8.92. The van der Waals surface area contributed by atoms with Crippen LogP contribution in [-0.2, 0) is 4.74 Å². The van der Waals surface area contributed by atoms with Crippen LogP contribution in [-0.4, -0.2) is 30.7 Å². The number of ether oxygens (including phenoxy) is 1. The topological polar surface area (TPSA) is 53.3 Å². The van der Waals surface area contributed by atoms with E-state index in [4.69, 9.17) is 9.16 Å². The Morgan fingerprint density at radius 3 is 2.03 bits per heavy atom. The minimum atomic E-state index is -2.96. The number of carbonyl (C=O) groups excluding carboxylic acids is 1. The molecule has 0 aliphatic carbocycles. The highest BCUT2D eigenvalue weighted by Gasteiger charge is 2.52. The van der Waals surface area contributed by atoms with E-state index in [2.05, 4.69) is 50.1 Å². The van der Waals surface area contributed by atoms with Crippen LogP contribution in [0.25, 0.3) is 10.9 Å². The van der Waals surface area contributed by atoms with E-state index in [0.717, 1.165) is 10.4 Å². The number of nitrogens with zero attached hydrogens (tertiary/aromatic N) is 2. The first kappa shape index (κ1) is 24.6. The van der Waals surface area contributed by atoms with Crippen LogP contribution in [0.5, 0.6) is 5.75 Å². The highest BCUT2D eigenvalue weighted by molar-refractivity contribution is 7.00. The first-order chi connectivity index (χ1) is 16.7. The molecule has 4 aromatic rings. The van der Waals surface area contributed by atoms with Gasteiger partial charge in [0.05, 0.1) is 12.1 Å². The third-order valence-electron chi connectivity index (χ3n) is 6.02. The van der Waals surface area contributed by atoms with Gasteiger partial charge in [-0.2, -0.15) is 13.9 Å². The van der Waals surface area contributed by atoms with Gasteiger partial charge in [-0.3, -0.25) is 0 Å². The van der Waals surface area contributed by atoms with Gasteiger partial charge in [0.1, 0.15) is 5.75 Å². The van der Waals surface area contributed by atoms with Crippen LogP contribution in [0.3, 0.4) is 0 Å². The Bertz CT molecular complexity index is 1280. The quantitative estimate of drug-likeness (QED) is 0.250. The third-order valence-corrected chi connectivity index (χ3v) is 11.0. The van der Waals surface area contributed by atoms with Crippen molar-refractivity contribution >= 4 is 35.6 Å². The van der Waals surface area contributed by atoms with Crippen molar-refractivity contribution < 1.29 is 22.7 Å². The number of hydrogen-bond acceptors (Lipinski definition) is 4. The second-order valence-corrected chi connectivity index (χ2v) is 13.5. The number of esters is 1. The highest BCUT2D eigenvalue weighted by Crippen LogP contribution is 2.38. The van der Waals surface area contributed by atoms with Gasteiger partial charge in [-0.25, -0.2) is 9.48 Å². The Morgan fingerprint density at radius 2 is 1.54 bits per heavy atom. The molecule has 0 aliphatic heterocycles. The molecule has 1 heterocycles. The Kier molecular flexibility index (Phi) is 6.76. The van der Waals surface area contributed by atoms with Gasteiger partial charge >= 0.3 is 20.8 Å². The fraction of sp³-hybridized carbons (Fsp3) is 0.259. The van der Waals surface area contributed by atoms with Crippen molar-refractivity contribution in [2.24, 2.45) is 0 Å². The molecule has 1 aromatic heterocycles. The molecule has 0 spiro atoms. The summed E-state index contributed by atoms with van der Waals surface area (Å²) in [5, 5.41) is 5.97. The predicted molar refractivity (Wildman–Crippen MR) is 135 cm³/mol. The van der Waals surface area contributed by atoms with Gasteiger partial charge in [0.15, 0.2) is 5.69 Å². The lowest BCUT2D eigenvalue weighted by Crippen LogP contribution is -2.68. The van der Waals surface area contributed by atoms with Gasteiger partial charge in [0, 0.05) is 11.5 Å². The molecule has 5 nitrogen and oxygen atoms in total. The zero-order chi connectivity index (χ0) is 25.2. The van der Waals surface area contributed by atoms with Gasteiger partial charge in [0.2, 0.25) is 0 Å². The summed E-state index contributed by atoms with van der Waals surface area (Å²) >= 11 is 0. The molecule has 0 bridgehead atoms. The largest absolute Gasteiger partial charge is 0.534 e. The monoisotopic (exact) mass is 494 g/mol. The molecule has 0 atom stereocenters. The van der Waals surface area contributed by atoms with Gasteiger partial charge in [-0.1, -0.05) is 81.4 Å². The molecule has 0 saturated heterocycles.